The van der Waals surface area contributed by atoms with Gasteiger partial charge in [-0.2, -0.15) is 13.2 Å². The summed E-state index contributed by atoms with van der Waals surface area (Å²) in [6, 6.07) is 6.56. The Kier molecular flexibility index (Phi) is 5.88. The normalized spacial score (nSPS) is 16.8. The Morgan fingerprint density at radius 1 is 1.06 bits per heavy atom. The van der Waals surface area contributed by atoms with Crippen LogP contribution in [0.15, 0.2) is 47.4 Å². The molecule has 0 bridgehead atoms. The number of benzene rings is 2. The third-order valence-electron chi connectivity index (χ3n) is 4.81. The number of carbonyl (C=O) groups is 2. The van der Waals surface area contributed by atoms with Crippen molar-refractivity contribution in [2.45, 2.75) is 56.8 Å². The Balaban J connectivity index is 2.13. The van der Waals surface area contributed by atoms with E-state index in [1.807, 2.05) is 0 Å². The van der Waals surface area contributed by atoms with Gasteiger partial charge < -0.3 is 4.74 Å². The Morgan fingerprint density at radius 3 is 2.19 bits per heavy atom. The first-order valence-electron chi connectivity index (χ1n) is 9.70. The van der Waals surface area contributed by atoms with Crippen molar-refractivity contribution < 1.29 is 35.9 Å². The fraction of sp³-hybridized carbons (Fsp3) is 0.364. The number of halogens is 3. The molecule has 0 saturated carbocycles. The molecule has 172 valence electrons. The number of hydrogen-bond acceptors (Lipinski definition) is 5. The maximum Gasteiger partial charge on any atom is 0.416 e. The summed E-state index contributed by atoms with van der Waals surface area (Å²) < 4.78 is 72.2. The van der Waals surface area contributed by atoms with Crippen LogP contribution in [0.4, 0.5) is 13.2 Å². The first-order valence-corrected chi connectivity index (χ1v) is 11.1. The van der Waals surface area contributed by atoms with Crippen LogP contribution in [0.5, 0.6) is 0 Å². The number of alkyl halides is 3. The molecule has 3 rings (SSSR count). The van der Waals surface area contributed by atoms with Crippen molar-refractivity contribution >= 4 is 21.9 Å². The van der Waals surface area contributed by atoms with Crippen LogP contribution < -0.4 is 0 Å². The molecule has 2 aromatic carbocycles. The SMILES string of the molecule is Cc1ccc(S(=O)(=O)N2C(=O)c3ccc(C(F)(F)F)cc3C2CC(=O)OC(C)(C)C)cc1. The lowest BCUT2D eigenvalue weighted by Crippen LogP contribution is -2.36. The Hall–Kier alpha value is -2.88. The highest BCUT2D eigenvalue weighted by molar-refractivity contribution is 7.89. The summed E-state index contributed by atoms with van der Waals surface area (Å²) in [5.74, 6) is -1.84. The molecular weight excluding hydrogens is 447 g/mol. The number of hydrogen-bond donors (Lipinski definition) is 0. The first-order chi connectivity index (χ1) is 14.6. The van der Waals surface area contributed by atoms with Crippen molar-refractivity contribution in [2.24, 2.45) is 0 Å². The molecule has 1 heterocycles. The van der Waals surface area contributed by atoms with Crippen LogP contribution in [0.2, 0.25) is 0 Å². The molecule has 1 atom stereocenters. The van der Waals surface area contributed by atoms with Crippen LogP contribution in [0, 0.1) is 6.92 Å². The van der Waals surface area contributed by atoms with E-state index in [4.69, 9.17) is 4.74 Å². The van der Waals surface area contributed by atoms with E-state index in [0.717, 1.165) is 11.6 Å². The van der Waals surface area contributed by atoms with Crippen LogP contribution in [-0.4, -0.2) is 30.2 Å². The fourth-order valence-electron chi connectivity index (χ4n) is 3.43. The minimum absolute atomic E-state index is 0.189. The van der Waals surface area contributed by atoms with Gasteiger partial charge in [-0.1, -0.05) is 17.7 Å². The Bertz CT molecular complexity index is 1170. The molecule has 1 aliphatic rings. The average Bonchev–Trinajstić information content (AvgIpc) is 2.92. The van der Waals surface area contributed by atoms with Gasteiger partial charge in [0.2, 0.25) is 0 Å². The Labute approximate surface area is 184 Å². The van der Waals surface area contributed by atoms with Gasteiger partial charge in [-0.15, -0.1) is 0 Å². The number of rotatable bonds is 4. The Morgan fingerprint density at radius 2 is 1.66 bits per heavy atom. The lowest BCUT2D eigenvalue weighted by atomic mass is 9.99. The summed E-state index contributed by atoms with van der Waals surface area (Å²) in [6.07, 6.45) is -5.33. The molecule has 0 N–H and O–H groups in total. The van der Waals surface area contributed by atoms with Crippen LogP contribution in [0.3, 0.4) is 0 Å². The maximum absolute atomic E-state index is 13.3. The largest absolute Gasteiger partial charge is 0.460 e. The molecule has 0 spiro atoms. The van der Waals surface area contributed by atoms with Crippen molar-refractivity contribution in [3.8, 4) is 0 Å². The summed E-state index contributed by atoms with van der Waals surface area (Å²) >= 11 is 0. The molecule has 10 heteroatoms. The van der Waals surface area contributed by atoms with Gasteiger partial charge in [0.25, 0.3) is 15.9 Å². The summed E-state index contributed by atoms with van der Waals surface area (Å²) in [5.41, 5.74) is -1.57. The van der Waals surface area contributed by atoms with Crippen molar-refractivity contribution in [2.75, 3.05) is 0 Å². The van der Waals surface area contributed by atoms with Gasteiger partial charge in [-0.3, -0.25) is 9.59 Å². The maximum atomic E-state index is 13.3. The summed E-state index contributed by atoms with van der Waals surface area (Å²) in [4.78, 5) is 25.3. The smallest absolute Gasteiger partial charge is 0.416 e. The van der Waals surface area contributed by atoms with E-state index in [1.54, 1.807) is 27.7 Å². The van der Waals surface area contributed by atoms with Crippen LogP contribution in [0.1, 0.15) is 60.3 Å². The zero-order valence-corrected chi connectivity index (χ0v) is 18.7. The number of aryl methyl sites for hydroxylation is 1. The first kappa shape index (κ1) is 23.8. The number of nitrogens with zero attached hydrogens (tertiary/aromatic N) is 1. The quantitative estimate of drug-likeness (QED) is 0.610. The molecule has 1 unspecified atom stereocenters. The van der Waals surface area contributed by atoms with E-state index in [1.165, 1.54) is 24.3 Å². The third kappa shape index (κ3) is 4.64. The van der Waals surface area contributed by atoms with E-state index in [9.17, 15) is 31.2 Å². The second-order valence-electron chi connectivity index (χ2n) is 8.53. The highest BCUT2D eigenvalue weighted by atomic mass is 32.2. The van der Waals surface area contributed by atoms with Crippen molar-refractivity contribution in [1.29, 1.82) is 0 Å². The molecule has 0 saturated heterocycles. The van der Waals surface area contributed by atoms with Gasteiger partial charge in [0.1, 0.15) is 5.60 Å². The van der Waals surface area contributed by atoms with Crippen LogP contribution >= 0.6 is 0 Å². The molecule has 2 aromatic rings. The van der Waals surface area contributed by atoms with Gasteiger partial charge in [0.05, 0.1) is 22.9 Å². The third-order valence-corrected chi connectivity index (χ3v) is 6.62. The summed E-state index contributed by atoms with van der Waals surface area (Å²) in [5, 5.41) is 0. The monoisotopic (exact) mass is 469 g/mol. The van der Waals surface area contributed by atoms with Crippen LogP contribution in [-0.2, 0) is 25.7 Å². The molecule has 0 radical (unpaired) electrons. The highest BCUT2D eigenvalue weighted by Gasteiger charge is 2.47. The number of ether oxygens (including phenoxy) is 1. The minimum Gasteiger partial charge on any atom is -0.460 e. The van der Waals surface area contributed by atoms with E-state index >= 15 is 0 Å². The predicted molar refractivity (Wildman–Crippen MR) is 109 cm³/mol. The molecule has 1 aliphatic heterocycles. The van der Waals surface area contributed by atoms with Crippen molar-refractivity contribution in [3.63, 3.8) is 0 Å². The van der Waals surface area contributed by atoms with Gasteiger partial charge in [-0.25, -0.2) is 12.7 Å². The molecule has 6 nitrogen and oxygen atoms in total. The van der Waals surface area contributed by atoms with E-state index in [-0.39, 0.29) is 16.0 Å². The number of carbonyl (C=O) groups excluding carboxylic acids is 2. The molecule has 32 heavy (non-hydrogen) atoms. The highest BCUT2D eigenvalue weighted by Crippen LogP contribution is 2.43. The summed E-state index contributed by atoms with van der Waals surface area (Å²) in [7, 11) is -4.46. The number of amides is 1. The lowest BCUT2D eigenvalue weighted by Gasteiger charge is -2.26. The van der Waals surface area contributed by atoms with Crippen LogP contribution in [0.25, 0.3) is 0 Å². The zero-order chi connectivity index (χ0) is 24.1. The minimum atomic E-state index is -4.71. The standard InChI is InChI=1S/C22H22F3NO5S/c1-13-5-8-15(9-6-13)32(29,30)26-18(12-19(27)31-21(2,3)4)17-11-14(22(23,24)25)7-10-16(17)20(26)28/h5-11,18H,12H2,1-4H3. The summed E-state index contributed by atoms with van der Waals surface area (Å²) in [6.45, 7) is 6.54. The van der Waals surface area contributed by atoms with E-state index in [0.29, 0.717) is 16.4 Å². The lowest BCUT2D eigenvalue weighted by molar-refractivity contribution is -0.155. The number of esters is 1. The second kappa shape index (κ2) is 7.91. The number of fused-ring (bicyclic) bond motifs is 1. The fourth-order valence-corrected chi connectivity index (χ4v) is 4.98. The van der Waals surface area contributed by atoms with Crippen molar-refractivity contribution in [1.82, 2.24) is 4.31 Å². The molecule has 0 aromatic heterocycles. The van der Waals surface area contributed by atoms with Gasteiger partial charge in [0.15, 0.2) is 0 Å². The van der Waals surface area contributed by atoms with Crippen molar-refractivity contribution in [3.05, 3.63) is 64.7 Å². The molecule has 0 fully saturated rings. The zero-order valence-electron chi connectivity index (χ0n) is 17.9. The topological polar surface area (TPSA) is 80.8 Å². The second-order valence-corrected chi connectivity index (χ2v) is 10.3. The average molecular weight is 469 g/mol. The molecule has 0 aliphatic carbocycles. The van der Waals surface area contributed by atoms with Gasteiger partial charge in [0, 0.05) is 5.56 Å². The number of sulfonamides is 1. The van der Waals surface area contributed by atoms with E-state index in [2.05, 4.69) is 0 Å². The molecule has 1 amide bonds. The predicted octanol–water partition coefficient (Wildman–Crippen LogP) is 4.63. The van der Waals surface area contributed by atoms with Gasteiger partial charge in [-0.05, 0) is 63.6 Å². The molecular formula is C22H22F3NO5S. The van der Waals surface area contributed by atoms with E-state index < -0.39 is 51.7 Å². The van der Waals surface area contributed by atoms with Gasteiger partial charge >= 0.3 is 12.1 Å².